The summed E-state index contributed by atoms with van der Waals surface area (Å²) in [5.41, 5.74) is -4.69. The van der Waals surface area contributed by atoms with Gasteiger partial charge >= 0.3 is 12.4 Å². The highest BCUT2D eigenvalue weighted by atomic mass is 127. The fourth-order valence-corrected chi connectivity index (χ4v) is 2.17. The summed E-state index contributed by atoms with van der Waals surface area (Å²) < 4.78 is 76.2. The fraction of sp³-hybridized carbons (Fsp3) is 0.667. The summed E-state index contributed by atoms with van der Waals surface area (Å²) >= 11 is 1.16. The van der Waals surface area contributed by atoms with Crippen molar-refractivity contribution in [3.63, 3.8) is 0 Å². The van der Waals surface area contributed by atoms with Gasteiger partial charge in [-0.05, 0) is 43.4 Å². The van der Waals surface area contributed by atoms with E-state index in [1.54, 1.807) is 0 Å². The summed E-state index contributed by atoms with van der Waals surface area (Å²) in [5.74, 6) is 0. The van der Waals surface area contributed by atoms with Gasteiger partial charge in [0.25, 0.3) is 0 Å². The van der Waals surface area contributed by atoms with Gasteiger partial charge in [-0.15, -0.1) is 0 Å². The maximum Gasteiger partial charge on any atom is 0.433 e. The van der Waals surface area contributed by atoms with Crippen LogP contribution in [0.1, 0.15) is 32.0 Å². The Bertz CT molecular complexity index is 451. The molecular weight excluding hydrogens is 377 g/mol. The quantitative estimate of drug-likeness (QED) is 0.481. The van der Waals surface area contributed by atoms with Crippen molar-refractivity contribution in [1.82, 2.24) is 9.78 Å². The van der Waals surface area contributed by atoms with Gasteiger partial charge in [0, 0.05) is 0 Å². The highest BCUT2D eigenvalue weighted by Crippen LogP contribution is 2.43. The lowest BCUT2D eigenvalue weighted by Crippen LogP contribution is -2.30. The highest BCUT2D eigenvalue weighted by molar-refractivity contribution is 14.1. The molecule has 0 unspecified atom stereocenters. The smallest absolute Gasteiger partial charge is 0.254 e. The van der Waals surface area contributed by atoms with Crippen LogP contribution in [0.5, 0.6) is 0 Å². The molecule has 0 fully saturated rings. The molecule has 0 aliphatic rings. The molecule has 0 spiro atoms. The molecule has 0 aliphatic heterocycles. The third-order valence-electron chi connectivity index (χ3n) is 2.03. The number of aromatic nitrogens is 2. The topological polar surface area (TPSA) is 17.8 Å². The molecule has 0 bridgehead atoms. The largest absolute Gasteiger partial charge is 0.433 e. The van der Waals surface area contributed by atoms with Crippen LogP contribution in [0.4, 0.5) is 26.3 Å². The van der Waals surface area contributed by atoms with E-state index in [1.807, 2.05) is 0 Å². The highest BCUT2D eigenvalue weighted by Gasteiger charge is 2.50. The molecule has 0 N–H and O–H groups in total. The van der Waals surface area contributed by atoms with E-state index in [4.69, 9.17) is 0 Å². The van der Waals surface area contributed by atoms with Gasteiger partial charge in [-0.1, -0.05) is 0 Å². The first-order valence-electron chi connectivity index (χ1n) is 4.69. The number of rotatable bonds is 0. The van der Waals surface area contributed by atoms with Crippen molar-refractivity contribution in [3.8, 4) is 0 Å². The maximum atomic E-state index is 12.8. The molecule has 0 atom stereocenters. The summed E-state index contributed by atoms with van der Waals surface area (Å²) in [7, 11) is 0. The lowest BCUT2D eigenvalue weighted by atomic mass is 10.1. The number of alkyl halides is 6. The zero-order valence-corrected chi connectivity index (χ0v) is 11.7. The minimum Gasteiger partial charge on any atom is -0.254 e. The van der Waals surface area contributed by atoms with Gasteiger partial charge in [0.15, 0.2) is 5.69 Å². The standard InChI is InChI=1S/C9H9F6IN2/c1-7(2,3)18-5(9(13,14)15)4(6(16)17-18)8(10,11)12/h1-3H3. The van der Waals surface area contributed by atoms with E-state index < -0.39 is 32.8 Å². The first kappa shape index (κ1) is 15.6. The molecule has 1 heterocycles. The van der Waals surface area contributed by atoms with Crippen molar-refractivity contribution < 1.29 is 26.3 Å². The Morgan fingerprint density at radius 2 is 1.39 bits per heavy atom. The predicted molar refractivity (Wildman–Crippen MR) is 59.9 cm³/mol. The summed E-state index contributed by atoms with van der Waals surface area (Å²) in [4.78, 5) is 0. The maximum absolute atomic E-state index is 12.8. The average Bonchev–Trinajstić information content (AvgIpc) is 2.39. The first-order valence-corrected chi connectivity index (χ1v) is 5.77. The van der Waals surface area contributed by atoms with E-state index in [-0.39, 0.29) is 0 Å². The zero-order valence-electron chi connectivity index (χ0n) is 9.54. The van der Waals surface area contributed by atoms with E-state index >= 15 is 0 Å². The van der Waals surface area contributed by atoms with Gasteiger partial charge in [-0.2, -0.15) is 31.4 Å². The van der Waals surface area contributed by atoms with Gasteiger partial charge < -0.3 is 0 Å². The fourth-order valence-electron chi connectivity index (χ4n) is 1.39. The van der Waals surface area contributed by atoms with Crippen LogP contribution in [0.15, 0.2) is 0 Å². The normalized spacial score (nSPS) is 14.1. The molecular formula is C9H9F6IN2. The third kappa shape index (κ3) is 2.91. The number of halogens is 7. The van der Waals surface area contributed by atoms with Crippen molar-refractivity contribution in [2.45, 2.75) is 38.7 Å². The molecule has 0 amide bonds. The van der Waals surface area contributed by atoms with Crippen LogP contribution in [0, 0.1) is 3.70 Å². The van der Waals surface area contributed by atoms with Gasteiger partial charge in [-0.3, -0.25) is 4.68 Å². The Morgan fingerprint density at radius 3 is 1.67 bits per heavy atom. The van der Waals surface area contributed by atoms with Gasteiger partial charge in [-0.25, -0.2) is 0 Å². The van der Waals surface area contributed by atoms with Gasteiger partial charge in [0.1, 0.15) is 9.26 Å². The van der Waals surface area contributed by atoms with E-state index in [1.165, 1.54) is 20.8 Å². The molecule has 1 aromatic rings. The summed E-state index contributed by atoms with van der Waals surface area (Å²) in [6.07, 6.45) is -10.2. The van der Waals surface area contributed by atoms with E-state index in [2.05, 4.69) is 5.10 Å². The Balaban J connectivity index is 3.70. The Morgan fingerprint density at radius 1 is 0.944 bits per heavy atom. The molecule has 0 saturated heterocycles. The number of hydrogen-bond donors (Lipinski definition) is 0. The van der Waals surface area contributed by atoms with Crippen LogP contribution in [-0.4, -0.2) is 9.78 Å². The minimum absolute atomic E-state index is 0.373. The SMILES string of the molecule is CC(C)(C)n1nc(I)c(C(F)(F)F)c1C(F)(F)F. The second-order valence-electron chi connectivity index (χ2n) is 4.59. The molecule has 0 aliphatic carbocycles. The van der Waals surface area contributed by atoms with Crippen LogP contribution >= 0.6 is 22.6 Å². The molecule has 2 nitrogen and oxygen atoms in total. The van der Waals surface area contributed by atoms with E-state index in [0.29, 0.717) is 4.68 Å². The first-order chi connectivity index (χ1) is 7.76. The molecule has 1 aromatic heterocycles. The van der Waals surface area contributed by atoms with Crippen LogP contribution < -0.4 is 0 Å². The van der Waals surface area contributed by atoms with Crippen molar-refractivity contribution in [2.24, 2.45) is 0 Å². The van der Waals surface area contributed by atoms with E-state index in [0.717, 1.165) is 22.6 Å². The molecule has 104 valence electrons. The van der Waals surface area contributed by atoms with E-state index in [9.17, 15) is 26.3 Å². The summed E-state index contributed by atoms with van der Waals surface area (Å²) in [5, 5.41) is 3.38. The molecule has 18 heavy (non-hydrogen) atoms. The molecule has 0 aromatic carbocycles. The molecule has 0 radical (unpaired) electrons. The molecule has 0 saturated carbocycles. The van der Waals surface area contributed by atoms with Crippen molar-refractivity contribution >= 4 is 22.6 Å². The molecule has 1 rings (SSSR count). The van der Waals surface area contributed by atoms with Crippen LogP contribution in [0.25, 0.3) is 0 Å². The number of nitrogens with zero attached hydrogens (tertiary/aromatic N) is 2. The second kappa shape index (κ2) is 4.27. The molecule has 9 heteroatoms. The Kier molecular flexibility index (Phi) is 3.70. The Labute approximate surface area is 112 Å². The Hall–Kier alpha value is -0.480. The van der Waals surface area contributed by atoms with Gasteiger partial charge in [0.05, 0.1) is 5.54 Å². The van der Waals surface area contributed by atoms with Crippen molar-refractivity contribution in [2.75, 3.05) is 0 Å². The van der Waals surface area contributed by atoms with Gasteiger partial charge in [0.2, 0.25) is 0 Å². The summed E-state index contributed by atoms with van der Waals surface area (Å²) in [6, 6.07) is 0. The average molecular weight is 386 g/mol. The lowest BCUT2D eigenvalue weighted by molar-refractivity contribution is -0.167. The lowest BCUT2D eigenvalue weighted by Gasteiger charge is -2.24. The third-order valence-corrected chi connectivity index (χ3v) is 2.79. The number of hydrogen-bond acceptors (Lipinski definition) is 1. The second-order valence-corrected chi connectivity index (χ2v) is 5.61. The van der Waals surface area contributed by atoms with Crippen LogP contribution in [0.2, 0.25) is 0 Å². The van der Waals surface area contributed by atoms with Crippen LogP contribution in [0.3, 0.4) is 0 Å². The predicted octanol–water partition coefficient (Wildman–Crippen LogP) is 4.28. The zero-order chi connectivity index (χ0) is 14.5. The minimum atomic E-state index is -5.12. The van der Waals surface area contributed by atoms with Crippen molar-refractivity contribution in [1.29, 1.82) is 0 Å². The summed E-state index contributed by atoms with van der Waals surface area (Å²) in [6.45, 7) is 4.06. The van der Waals surface area contributed by atoms with Crippen molar-refractivity contribution in [3.05, 3.63) is 15.0 Å². The van der Waals surface area contributed by atoms with Crippen LogP contribution in [-0.2, 0) is 17.9 Å². The monoisotopic (exact) mass is 386 g/mol.